The highest BCUT2D eigenvalue weighted by molar-refractivity contribution is 5.74. The Morgan fingerprint density at radius 3 is 2.39 bits per heavy atom. The molecule has 2 amide bonds. The lowest BCUT2D eigenvalue weighted by molar-refractivity contribution is -0.149. The van der Waals surface area contributed by atoms with Gasteiger partial charge in [0.15, 0.2) is 6.10 Å². The van der Waals surface area contributed by atoms with Gasteiger partial charge in [-0.25, -0.2) is 9.59 Å². The number of nitrogens with zero attached hydrogens (tertiary/aromatic N) is 1. The number of ether oxygens (including phenoxy) is 2. The van der Waals surface area contributed by atoms with Gasteiger partial charge >= 0.3 is 12.0 Å². The lowest BCUT2D eigenvalue weighted by Crippen LogP contribution is -2.44. The standard InChI is InChI=1S/C21H34N2O5/c1-5-11-22-21(26)23(15-16(3)4)12-13-28-18-9-7-17(8-10-18)14-19(20(24)25)27-6-2/h7-10,16,19H,5-6,11-15H2,1-4H3,(H,22,26)(H,24,25). The maximum atomic E-state index is 12.2. The van der Waals surface area contributed by atoms with Gasteiger partial charge in [-0.2, -0.15) is 0 Å². The first-order valence-corrected chi connectivity index (χ1v) is 9.96. The minimum absolute atomic E-state index is 0.0647. The molecule has 28 heavy (non-hydrogen) atoms. The largest absolute Gasteiger partial charge is 0.492 e. The fraction of sp³-hybridized carbons (Fsp3) is 0.619. The molecule has 0 saturated carbocycles. The molecule has 1 aromatic rings. The second-order valence-electron chi connectivity index (χ2n) is 7.05. The van der Waals surface area contributed by atoms with Crippen LogP contribution in [0.4, 0.5) is 4.79 Å². The number of hydrogen-bond acceptors (Lipinski definition) is 4. The van der Waals surface area contributed by atoms with Crippen LogP contribution in [0, 0.1) is 5.92 Å². The predicted octanol–water partition coefficient (Wildman–Crippen LogP) is 3.18. The fourth-order valence-corrected chi connectivity index (χ4v) is 2.69. The van der Waals surface area contributed by atoms with E-state index in [9.17, 15) is 9.59 Å². The van der Waals surface area contributed by atoms with Crippen molar-refractivity contribution in [3.8, 4) is 5.75 Å². The lowest BCUT2D eigenvalue weighted by atomic mass is 10.1. The topological polar surface area (TPSA) is 88.1 Å². The number of amides is 2. The van der Waals surface area contributed by atoms with Crippen molar-refractivity contribution in [3.63, 3.8) is 0 Å². The average Bonchev–Trinajstić information content (AvgIpc) is 2.65. The van der Waals surface area contributed by atoms with Crippen molar-refractivity contribution in [1.29, 1.82) is 0 Å². The van der Waals surface area contributed by atoms with Crippen LogP contribution in [0.15, 0.2) is 24.3 Å². The molecule has 1 rings (SSSR count). The Morgan fingerprint density at radius 2 is 1.86 bits per heavy atom. The van der Waals surface area contributed by atoms with E-state index in [-0.39, 0.29) is 6.03 Å². The number of carboxylic acid groups (broad SMARTS) is 1. The molecule has 0 fully saturated rings. The number of aliphatic carboxylic acids is 1. The Kier molecular flexibility index (Phi) is 11.0. The lowest BCUT2D eigenvalue weighted by Gasteiger charge is -2.25. The molecule has 0 aromatic heterocycles. The van der Waals surface area contributed by atoms with Gasteiger partial charge in [0.1, 0.15) is 12.4 Å². The Balaban J connectivity index is 2.54. The normalized spacial score (nSPS) is 11.9. The van der Waals surface area contributed by atoms with Crippen molar-refractivity contribution in [1.82, 2.24) is 10.2 Å². The minimum atomic E-state index is -0.964. The fourth-order valence-electron chi connectivity index (χ4n) is 2.69. The molecule has 0 aliphatic rings. The van der Waals surface area contributed by atoms with Crippen molar-refractivity contribution in [2.75, 3.05) is 32.8 Å². The summed E-state index contributed by atoms with van der Waals surface area (Å²) in [5, 5.41) is 12.1. The number of carboxylic acids is 1. The highest BCUT2D eigenvalue weighted by Gasteiger charge is 2.18. The molecule has 0 radical (unpaired) electrons. The van der Waals surface area contributed by atoms with Gasteiger partial charge in [-0.3, -0.25) is 0 Å². The molecule has 1 unspecified atom stereocenters. The number of rotatable bonds is 13. The van der Waals surface area contributed by atoms with Crippen LogP contribution in [0.5, 0.6) is 5.75 Å². The summed E-state index contributed by atoms with van der Waals surface area (Å²) >= 11 is 0. The number of benzene rings is 1. The summed E-state index contributed by atoms with van der Waals surface area (Å²) in [6, 6.07) is 7.23. The van der Waals surface area contributed by atoms with Crippen LogP contribution in [-0.2, 0) is 16.0 Å². The zero-order valence-corrected chi connectivity index (χ0v) is 17.4. The van der Waals surface area contributed by atoms with E-state index in [0.29, 0.717) is 50.9 Å². The van der Waals surface area contributed by atoms with Gasteiger partial charge in [0, 0.05) is 26.1 Å². The van der Waals surface area contributed by atoms with Gasteiger partial charge < -0.3 is 24.8 Å². The number of hydrogen-bond donors (Lipinski definition) is 2. The summed E-state index contributed by atoms with van der Waals surface area (Å²) in [5.74, 6) is 0.0958. The highest BCUT2D eigenvalue weighted by atomic mass is 16.5. The maximum absolute atomic E-state index is 12.2. The molecule has 0 aliphatic carbocycles. The second-order valence-corrected chi connectivity index (χ2v) is 7.05. The van der Waals surface area contributed by atoms with Gasteiger partial charge in [0.25, 0.3) is 0 Å². The van der Waals surface area contributed by atoms with Crippen LogP contribution >= 0.6 is 0 Å². The molecule has 0 saturated heterocycles. The third-order valence-electron chi connectivity index (χ3n) is 4.02. The third-order valence-corrected chi connectivity index (χ3v) is 4.02. The first kappa shape index (κ1) is 23.8. The van der Waals surface area contributed by atoms with Crippen molar-refractivity contribution >= 4 is 12.0 Å². The number of carbonyl (C=O) groups excluding carboxylic acids is 1. The van der Waals surface area contributed by atoms with Crippen LogP contribution in [0.1, 0.15) is 39.7 Å². The van der Waals surface area contributed by atoms with Gasteiger partial charge in [0.2, 0.25) is 0 Å². The Hall–Kier alpha value is -2.28. The zero-order chi connectivity index (χ0) is 20.9. The molecule has 158 valence electrons. The number of nitrogens with one attached hydrogen (secondary N) is 1. The molecule has 0 spiro atoms. The molecule has 1 atom stereocenters. The van der Waals surface area contributed by atoms with Crippen molar-refractivity contribution in [2.24, 2.45) is 5.92 Å². The van der Waals surface area contributed by atoms with E-state index in [4.69, 9.17) is 14.6 Å². The molecule has 0 aliphatic heterocycles. The Bertz CT molecular complexity index is 589. The SMILES string of the molecule is CCCNC(=O)N(CCOc1ccc(CC(OCC)C(=O)O)cc1)CC(C)C. The minimum Gasteiger partial charge on any atom is -0.492 e. The van der Waals surface area contributed by atoms with Gasteiger partial charge in [0.05, 0.1) is 6.54 Å². The van der Waals surface area contributed by atoms with E-state index >= 15 is 0 Å². The molecule has 2 N–H and O–H groups in total. The number of carbonyl (C=O) groups is 2. The predicted molar refractivity (Wildman–Crippen MR) is 109 cm³/mol. The van der Waals surface area contributed by atoms with Gasteiger partial charge in [-0.15, -0.1) is 0 Å². The second kappa shape index (κ2) is 13.0. The summed E-state index contributed by atoms with van der Waals surface area (Å²) in [4.78, 5) is 25.2. The van der Waals surface area contributed by atoms with Gasteiger partial charge in [-0.05, 0) is 37.0 Å². The molecular formula is C21H34N2O5. The van der Waals surface area contributed by atoms with E-state index in [1.165, 1.54) is 0 Å². The van der Waals surface area contributed by atoms with E-state index in [1.807, 2.05) is 31.2 Å². The van der Waals surface area contributed by atoms with Crippen molar-refractivity contribution < 1.29 is 24.2 Å². The van der Waals surface area contributed by atoms with Crippen molar-refractivity contribution in [3.05, 3.63) is 29.8 Å². The molecule has 0 bridgehead atoms. The Morgan fingerprint density at radius 1 is 1.18 bits per heavy atom. The maximum Gasteiger partial charge on any atom is 0.333 e. The third kappa shape index (κ3) is 9.08. The quantitative estimate of drug-likeness (QED) is 0.536. The average molecular weight is 395 g/mol. The van der Waals surface area contributed by atoms with E-state index < -0.39 is 12.1 Å². The molecule has 7 nitrogen and oxygen atoms in total. The van der Waals surface area contributed by atoms with E-state index in [2.05, 4.69) is 19.2 Å². The van der Waals surface area contributed by atoms with Crippen LogP contribution in [0.2, 0.25) is 0 Å². The van der Waals surface area contributed by atoms with Crippen molar-refractivity contribution in [2.45, 2.75) is 46.6 Å². The molecule has 7 heteroatoms. The summed E-state index contributed by atoms with van der Waals surface area (Å²) in [6.45, 7) is 10.5. The van der Waals surface area contributed by atoms with Crippen LogP contribution in [0.3, 0.4) is 0 Å². The van der Waals surface area contributed by atoms with Crippen LogP contribution < -0.4 is 10.1 Å². The Labute approximate surface area is 168 Å². The molecule has 1 aromatic carbocycles. The van der Waals surface area contributed by atoms with E-state index in [0.717, 1.165) is 12.0 Å². The van der Waals surface area contributed by atoms with Crippen LogP contribution in [0.25, 0.3) is 0 Å². The van der Waals surface area contributed by atoms with Crippen LogP contribution in [-0.4, -0.2) is 61.0 Å². The molecule has 0 heterocycles. The highest BCUT2D eigenvalue weighted by Crippen LogP contribution is 2.15. The first-order valence-electron chi connectivity index (χ1n) is 9.96. The van der Waals surface area contributed by atoms with Gasteiger partial charge in [-0.1, -0.05) is 32.9 Å². The zero-order valence-electron chi connectivity index (χ0n) is 17.4. The molecular weight excluding hydrogens is 360 g/mol. The summed E-state index contributed by atoms with van der Waals surface area (Å²) in [5.41, 5.74) is 0.869. The van der Waals surface area contributed by atoms with E-state index in [1.54, 1.807) is 11.8 Å². The first-order chi connectivity index (χ1) is 13.4. The summed E-state index contributed by atoms with van der Waals surface area (Å²) in [6.07, 6.45) is 0.363. The smallest absolute Gasteiger partial charge is 0.333 e. The number of urea groups is 1. The monoisotopic (exact) mass is 394 g/mol. The summed E-state index contributed by atoms with van der Waals surface area (Å²) in [7, 11) is 0. The summed E-state index contributed by atoms with van der Waals surface area (Å²) < 4.78 is 11.0.